The molecule has 2 rings (SSSR count). The van der Waals surface area contributed by atoms with E-state index in [1.807, 2.05) is 22.6 Å². The van der Waals surface area contributed by atoms with Crippen molar-refractivity contribution >= 4 is 55.6 Å². The fourth-order valence-electron chi connectivity index (χ4n) is 1.29. The molecule has 0 bridgehead atoms. The quantitative estimate of drug-likeness (QED) is 0.632. The van der Waals surface area contributed by atoms with E-state index in [9.17, 15) is 8.78 Å². The number of fused-ring (bicyclic) bond motifs is 1. The van der Waals surface area contributed by atoms with Crippen molar-refractivity contribution in [2.75, 3.05) is 0 Å². The molecule has 0 spiro atoms. The Labute approximate surface area is 102 Å². The van der Waals surface area contributed by atoms with Crippen molar-refractivity contribution in [1.82, 2.24) is 0 Å². The zero-order valence-corrected chi connectivity index (χ0v) is 10.5. The second kappa shape index (κ2) is 3.90. The predicted molar refractivity (Wildman–Crippen MR) is 64.5 cm³/mol. The third-order valence-corrected chi connectivity index (χ3v) is 5.01. The van der Waals surface area contributed by atoms with E-state index in [0.29, 0.717) is 9.72 Å². The molecule has 0 atom stereocenters. The van der Waals surface area contributed by atoms with Crippen LogP contribution in [0.5, 0.6) is 0 Å². The first-order valence-electron chi connectivity index (χ1n) is 3.76. The Morgan fingerprint density at radius 3 is 2.71 bits per heavy atom. The number of thiophene rings is 1. The molecule has 0 radical (unpaired) electrons. The van der Waals surface area contributed by atoms with Gasteiger partial charge >= 0.3 is 0 Å². The van der Waals surface area contributed by atoms with Crippen LogP contribution in [-0.2, 0) is 0 Å². The van der Waals surface area contributed by atoms with E-state index in [1.54, 1.807) is 12.1 Å². The Morgan fingerprint density at radius 2 is 2.07 bits per heavy atom. The summed E-state index contributed by atoms with van der Waals surface area (Å²) in [4.78, 5) is 0. The van der Waals surface area contributed by atoms with Crippen LogP contribution in [0.1, 0.15) is 12.0 Å². The summed E-state index contributed by atoms with van der Waals surface area (Å²) in [6, 6.07) is 4.88. The first kappa shape index (κ1) is 10.6. The van der Waals surface area contributed by atoms with E-state index in [4.69, 9.17) is 11.6 Å². The number of hydrogen-bond donors (Lipinski definition) is 0. The molecule has 14 heavy (non-hydrogen) atoms. The van der Waals surface area contributed by atoms with Gasteiger partial charge in [0, 0.05) is 15.6 Å². The first-order chi connectivity index (χ1) is 6.61. The molecule has 0 aliphatic heterocycles. The number of alkyl halides is 2. The van der Waals surface area contributed by atoms with Gasteiger partial charge in [-0.3, -0.25) is 0 Å². The van der Waals surface area contributed by atoms with E-state index >= 15 is 0 Å². The molecule has 2 aromatic rings. The van der Waals surface area contributed by atoms with Crippen LogP contribution >= 0.6 is 45.5 Å². The molecule has 0 unspecified atom stereocenters. The van der Waals surface area contributed by atoms with E-state index < -0.39 is 6.43 Å². The molecule has 0 saturated carbocycles. The van der Waals surface area contributed by atoms with Crippen LogP contribution in [0.25, 0.3) is 10.1 Å². The molecule has 5 heteroatoms. The summed E-state index contributed by atoms with van der Waals surface area (Å²) in [7, 11) is 0. The van der Waals surface area contributed by atoms with E-state index in [2.05, 4.69) is 0 Å². The van der Waals surface area contributed by atoms with Crippen LogP contribution in [0.15, 0.2) is 18.2 Å². The van der Waals surface area contributed by atoms with Crippen molar-refractivity contribution in [2.45, 2.75) is 6.43 Å². The van der Waals surface area contributed by atoms with Crippen LogP contribution in [0.4, 0.5) is 8.78 Å². The topological polar surface area (TPSA) is 0 Å². The molecule has 0 saturated heterocycles. The lowest BCUT2D eigenvalue weighted by Crippen LogP contribution is -1.85. The van der Waals surface area contributed by atoms with Gasteiger partial charge in [0.05, 0.1) is 3.57 Å². The van der Waals surface area contributed by atoms with Crippen LogP contribution in [-0.4, -0.2) is 0 Å². The van der Waals surface area contributed by atoms with Crippen molar-refractivity contribution < 1.29 is 8.78 Å². The summed E-state index contributed by atoms with van der Waals surface area (Å²) in [5, 5.41) is 0.595. The minimum absolute atomic E-state index is 0.0649. The first-order valence-corrected chi connectivity index (χ1v) is 6.03. The molecule has 74 valence electrons. The second-order valence-electron chi connectivity index (χ2n) is 2.71. The predicted octanol–water partition coefficient (Wildman–Crippen LogP) is 5.10. The minimum atomic E-state index is -2.45. The molecule has 1 heterocycles. The van der Waals surface area contributed by atoms with Crippen LogP contribution in [0, 0.1) is 3.57 Å². The van der Waals surface area contributed by atoms with Gasteiger partial charge < -0.3 is 0 Å². The van der Waals surface area contributed by atoms with Gasteiger partial charge in [0.1, 0.15) is 4.34 Å². The van der Waals surface area contributed by atoms with Gasteiger partial charge in [-0.2, -0.15) is 0 Å². The SMILES string of the molecule is FC(F)c1cccc2sc(Cl)c(I)c12. The lowest BCUT2D eigenvalue weighted by molar-refractivity contribution is 0.153. The van der Waals surface area contributed by atoms with Crippen LogP contribution in [0.2, 0.25) is 4.34 Å². The smallest absolute Gasteiger partial charge is 0.205 e. The number of rotatable bonds is 1. The van der Waals surface area contributed by atoms with Crippen molar-refractivity contribution in [1.29, 1.82) is 0 Å². The highest BCUT2D eigenvalue weighted by atomic mass is 127. The molecule has 0 N–H and O–H groups in total. The molecule has 0 aliphatic rings. The van der Waals surface area contributed by atoms with Gasteiger partial charge in [0.2, 0.25) is 0 Å². The van der Waals surface area contributed by atoms with Gasteiger partial charge in [-0.1, -0.05) is 23.7 Å². The Morgan fingerprint density at radius 1 is 1.36 bits per heavy atom. The molecular formula is C9H4ClF2IS. The van der Waals surface area contributed by atoms with Crippen molar-refractivity contribution in [3.8, 4) is 0 Å². The summed E-state index contributed by atoms with van der Waals surface area (Å²) in [6.45, 7) is 0. The average Bonchev–Trinajstić information content (AvgIpc) is 2.43. The Hall–Kier alpha value is 0.0600. The van der Waals surface area contributed by atoms with Crippen LogP contribution in [0.3, 0.4) is 0 Å². The Bertz CT molecular complexity index is 481. The molecule has 0 nitrogen and oxygen atoms in total. The summed E-state index contributed by atoms with van der Waals surface area (Å²) in [5.41, 5.74) is 0.0649. The fourth-order valence-corrected chi connectivity index (χ4v) is 3.60. The summed E-state index contributed by atoms with van der Waals surface area (Å²) >= 11 is 9.23. The molecular weight excluding hydrogens is 341 g/mol. The lowest BCUT2D eigenvalue weighted by atomic mass is 10.1. The number of hydrogen-bond acceptors (Lipinski definition) is 1. The summed E-state index contributed by atoms with van der Waals surface area (Å²) in [6.07, 6.45) is -2.45. The largest absolute Gasteiger partial charge is 0.264 e. The third-order valence-electron chi connectivity index (χ3n) is 1.89. The highest BCUT2D eigenvalue weighted by Crippen LogP contribution is 2.40. The zero-order chi connectivity index (χ0) is 10.3. The third kappa shape index (κ3) is 1.63. The maximum atomic E-state index is 12.6. The van der Waals surface area contributed by atoms with Crippen molar-refractivity contribution in [3.63, 3.8) is 0 Å². The van der Waals surface area contributed by atoms with Gasteiger partial charge in [-0.05, 0) is 28.7 Å². The van der Waals surface area contributed by atoms with Crippen LogP contribution < -0.4 is 0 Å². The monoisotopic (exact) mass is 344 g/mol. The highest BCUT2D eigenvalue weighted by molar-refractivity contribution is 14.1. The fraction of sp³-hybridized carbons (Fsp3) is 0.111. The molecule has 0 aliphatic carbocycles. The standard InChI is InChI=1S/C9H4ClF2IS/c10-8-7(13)6-4(9(11)12)2-1-3-5(6)14-8/h1-3,9H. The average molecular weight is 345 g/mol. The molecule has 0 fully saturated rings. The zero-order valence-electron chi connectivity index (χ0n) is 6.73. The minimum Gasteiger partial charge on any atom is -0.205 e. The molecule has 0 amide bonds. The summed E-state index contributed by atoms with van der Waals surface area (Å²) in [5.74, 6) is 0. The van der Waals surface area contributed by atoms with Crippen molar-refractivity contribution in [2.24, 2.45) is 0 Å². The van der Waals surface area contributed by atoms with E-state index in [1.165, 1.54) is 17.4 Å². The van der Waals surface area contributed by atoms with Gasteiger partial charge in [0.25, 0.3) is 6.43 Å². The summed E-state index contributed by atoms with van der Waals surface area (Å²) < 4.78 is 27.4. The normalized spacial score (nSPS) is 11.5. The van der Waals surface area contributed by atoms with E-state index in [0.717, 1.165) is 8.27 Å². The van der Waals surface area contributed by atoms with Gasteiger partial charge in [0.15, 0.2) is 0 Å². The Kier molecular flexibility index (Phi) is 2.95. The number of halogens is 4. The van der Waals surface area contributed by atoms with Crippen molar-refractivity contribution in [3.05, 3.63) is 31.7 Å². The maximum absolute atomic E-state index is 12.6. The molecule has 1 aromatic carbocycles. The number of benzene rings is 1. The Balaban J connectivity index is 2.84. The van der Waals surface area contributed by atoms with Gasteiger partial charge in [-0.15, -0.1) is 11.3 Å². The maximum Gasteiger partial charge on any atom is 0.264 e. The van der Waals surface area contributed by atoms with Gasteiger partial charge in [-0.25, -0.2) is 8.78 Å². The molecule has 1 aromatic heterocycles. The lowest BCUT2D eigenvalue weighted by Gasteiger charge is -2.01. The van der Waals surface area contributed by atoms with E-state index in [-0.39, 0.29) is 5.56 Å². The second-order valence-corrected chi connectivity index (χ2v) is 5.44. The highest BCUT2D eigenvalue weighted by Gasteiger charge is 2.16.